The summed E-state index contributed by atoms with van der Waals surface area (Å²) in [6.07, 6.45) is 4.08. The molecular weight excluding hydrogens is 356 g/mol. The number of benzene rings is 1. The van der Waals surface area contributed by atoms with Crippen molar-refractivity contribution < 1.29 is 9.59 Å². The summed E-state index contributed by atoms with van der Waals surface area (Å²) in [7, 11) is 1.74. The largest absolute Gasteiger partial charge is 0.355 e. The van der Waals surface area contributed by atoms with Gasteiger partial charge in [0.05, 0.1) is 5.92 Å². The van der Waals surface area contributed by atoms with Gasteiger partial charge in [-0.2, -0.15) is 5.10 Å². The maximum Gasteiger partial charge on any atom is 0.228 e. The van der Waals surface area contributed by atoms with Gasteiger partial charge >= 0.3 is 0 Å². The summed E-state index contributed by atoms with van der Waals surface area (Å²) >= 11 is 0. The number of nitrogens with zero attached hydrogens (tertiary/aromatic N) is 4. The van der Waals surface area contributed by atoms with Gasteiger partial charge in [0, 0.05) is 50.1 Å². The third-order valence-electron chi connectivity index (χ3n) is 4.86. The van der Waals surface area contributed by atoms with Crippen molar-refractivity contribution >= 4 is 17.5 Å². The highest BCUT2D eigenvalue weighted by Gasteiger charge is 2.33. The third-order valence-corrected chi connectivity index (χ3v) is 4.86. The van der Waals surface area contributed by atoms with Crippen LogP contribution in [0.15, 0.2) is 48.8 Å². The predicted molar refractivity (Wildman–Crippen MR) is 104 cm³/mol. The van der Waals surface area contributed by atoms with E-state index < -0.39 is 5.92 Å². The third kappa shape index (κ3) is 3.48. The minimum Gasteiger partial charge on any atom is -0.355 e. The second kappa shape index (κ2) is 7.59. The van der Waals surface area contributed by atoms with Crippen LogP contribution < -0.4 is 10.2 Å². The number of hydrogen-bond donors (Lipinski definition) is 2. The van der Waals surface area contributed by atoms with E-state index in [9.17, 15) is 9.59 Å². The summed E-state index contributed by atoms with van der Waals surface area (Å²) in [5, 5.41) is 9.98. The molecule has 0 saturated heterocycles. The van der Waals surface area contributed by atoms with Gasteiger partial charge in [-0.15, -0.1) is 0 Å². The Labute approximate surface area is 162 Å². The van der Waals surface area contributed by atoms with Crippen molar-refractivity contribution in [1.29, 1.82) is 0 Å². The Kier molecular flexibility index (Phi) is 4.84. The van der Waals surface area contributed by atoms with Crippen molar-refractivity contribution in [2.24, 2.45) is 0 Å². The van der Waals surface area contributed by atoms with E-state index in [1.54, 1.807) is 24.3 Å². The molecule has 4 rings (SSSR count). The van der Waals surface area contributed by atoms with Crippen LogP contribution in [0.1, 0.15) is 23.7 Å². The van der Waals surface area contributed by atoms with Gasteiger partial charge in [0.1, 0.15) is 5.82 Å². The Balaban J connectivity index is 1.38. The number of aromatic nitrogens is 4. The van der Waals surface area contributed by atoms with Crippen molar-refractivity contribution in [2.45, 2.75) is 18.8 Å². The van der Waals surface area contributed by atoms with Crippen molar-refractivity contribution in [3.8, 4) is 11.4 Å². The quantitative estimate of drug-likeness (QED) is 0.705. The van der Waals surface area contributed by atoms with Crippen molar-refractivity contribution in [3.63, 3.8) is 0 Å². The van der Waals surface area contributed by atoms with Gasteiger partial charge in [-0.05, 0) is 23.8 Å². The number of carbonyl (C=O) groups is 2. The lowest BCUT2D eigenvalue weighted by atomic mass is 9.89. The summed E-state index contributed by atoms with van der Waals surface area (Å²) in [6.45, 7) is 0.406. The Morgan fingerprint density at radius 1 is 1.29 bits per heavy atom. The molecule has 2 N–H and O–H groups in total. The van der Waals surface area contributed by atoms with E-state index >= 15 is 0 Å². The van der Waals surface area contributed by atoms with Gasteiger partial charge in [0.2, 0.25) is 11.8 Å². The number of nitrogens with one attached hydrogen (secondary N) is 2. The fourth-order valence-corrected chi connectivity index (χ4v) is 3.34. The van der Waals surface area contributed by atoms with Crippen LogP contribution in [0, 0.1) is 0 Å². The molecule has 3 aromatic rings. The zero-order chi connectivity index (χ0) is 19.5. The molecule has 0 unspecified atom stereocenters. The molecule has 1 atom stereocenters. The Morgan fingerprint density at radius 2 is 2.14 bits per heavy atom. The molecule has 8 nitrogen and oxygen atoms in total. The SMILES string of the molecule is CN1C(=O)C[C@@H](C(=O)NCCc2nc(-c3cccnc3)n[nH]2)c2ccccc21. The zero-order valence-electron chi connectivity index (χ0n) is 15.4. The van der Waals surface area contributed by atoms with E-state index in [0.717, 1.165) is 16.8 Å². The van der Waals surface area contributed by atoms with E-state index in [2.05, 4.69) is 25.5 Å². The lowest BCUT2D eigenvalue weighted by Crippen LogP contribution is -2.39. The van der Waals surface area contributed by atoms with Crippen LogP contribution in [0.3, 0.4) is 0 Å². The molecule has 3 heterocycles. The van der Waals surface area contributed by atoms with Gasteiger partial charge in [-0.25, -0.2) is 4.98 Å². The Bertz CT molecular complexity index is 1000. The maximum absolute atomic E-state index is 12.7. The van der Waals surface area contributed by atoms with Gasteiger partial charge in [-0.1, -0.05) is 18.2 Å². The summed E-state index contributed by atoms with van der Waals surface area (Å²) in [6, 6.07) is 11.2. The average Bonchev–Trinajstić information content (AvgIpc) is 3.20. The molecule has 0 bridgehead atoms. The molecule has 8 heteroatoms. The van der Waals surface area contributed by atoms with Gasteiger partial charge < -0.3 is 10.2 Å². The fourth-order valence-electron chi connectivity index (χ4n) is 3.34. The van der Waals surface area contributed by atoms with E-state index in [4.69, 9.17) is 0 Å². The number of aromatic amines is 1. The minimum atomic E-state index is -0.472. The fraction of sp³-hybridized carbons (Fsp3) is 0.250. The topological polar surface area (TPSA) is 104 Å². The molecule has 0 saturated carbocycles. The monoisotopic (exact) mass is 376 g/mol. The van der Waals surface area contributed by atoms with Crippen LogP contribution in [0.25, 0.3) is 11.4 Å². The number of carbonyl (C=O) groups excluding carboxylic acids is 2. The highest BCUT2D eigenvalue weighted by molar-refractivity contribution is 6.02. The number of para-hydroxylation sites is 1. The molecule has 0 spiro atoms. The van der Waals surface area contributed by atoms with Crippen LogP contribution in [0.4, 0.5) is 5.69 Å². The summed E-state index contributed by atoms with van der Waals surface area (Å²) in [4.78, 5) is 35.0. The number of pyridine rings is 1. The lowest BCUT2D eigenvalue weighted by Gasteiger charge is -2.30. The molecule has 0 aliphatic carbocycles. The number of amides is 2. The van der Waals surface area contributed by atoms with Crippen LogP contribution in [-0.4, -0.2) is 45.6 Å². The normalized spacial score (nSPS) is 16.0. The van der Waals surface area contributed by atoms with Crippen molar-refractivity contribution in [1.82, 2.24) is 25.5 Å². The lowest BCUT2D eigenvalue weighted by molar-refractivity contribution is -0.127. The van der Waals surface area contributed by atoms with Crippen LogP contribution >= 0.6 is 0 Å². The molecule has 1 aliphatic rings. The highest BCUT2D eigenvalue weighted by atomic mass is 16.2. The van der Waals surface area contributed by atoms with Crippen LogP contribution in [-0.2, 0) is 16.0 Å². The number of fused-ring (bicyclic) bond motifs is 1. The van der Waals surface area contributed by atoms with E-state index in [1.165, 1.54) is 0 Å². The number of H-pyrrole nitrogens is 1. The van der Waals surface area contributed by atoms with Crippen LogP contribution in [0.5, 0.6) is 0 Å². The first-order valence-corrected chi connectivity index (χ1v) is 9.08. The molecule has 28 heavy (non-hydrogen) atoms. The first-order chi connectivity index (χ1) is 13.6. The smallest absolute Gasteiger partial charge is 0.228 e. The minimum absolute atomic E-state index is 0.0600. The second-order valence-corrected chi connectivity index (χ2v) is 6.66. The Morgan fingerprint density at radius 3 is 2.96 bits per heavy atom. The van der Waals surface area contributed by atoms with E-state index in [-0.39, 0.29) is 18.2 Å². The number of hydrogen-bond acceptors (Lipinski definition) is 5. The molecule has 1 aromatic carbocycles. The summed E-state index contributed by atoms with van der Waals surface area (Å²) in [5.41, 5.74) is 2.49. The summed E-state index contributed by atoms with van der Waals surface area (Å²) in [5.74, 6) is 0.569. The number of rotatable bonds is 5. The first-order valence-electron chi connectivity index (χ1n) is 9.08. The molecule has 2 aromatic heterocycles. The Hall–Kier alpha value is -3.55. The second-order valence-electron chi connectivity index (χ2n) is 6.66. The molecule has 142 valence electrons. The van der Waals surface area contributed by atoms with Gasteiger partial charge in [-0.3, -0.25) is 19.7 Å². The standard InChI is InChI=1S/C20H20N6O2/c1-26-16-7-3-2-6-14(16)15(11-18(26)27)20(28)22-10-8-17-23-19(25-24-17)13-5-4-9-21-12-13/h2-7,9,12,15H,8,10-11H2,1H3,(H,22,28)(H,23,24,25)/t15-/m1/s1. The van der Waals surface area contributed by atoms with E-state index in [1.807, 2.05) is 36.4 Å². The summed E-state index contributed by atoms with van der Waals surface area (Å²) < 4.78 is 0. The molecule has 0 radical (unpaired) electrons. The molecule has 2 amide bonds. The van der Waals surface area contributed by atoms with Crippen molar-refractivity contribution in [3.05, 3.63) is 60.2 Å². The zero-order valence-corrected chi connectivity index (χ0v) is 15.4. The van der Waals surface area contributed by atoms with Gasteiger partial charge in [0.15, 0.2) is 5.82 Å². The predicted octanol–water partition coefficient (Wildman–Crippen LogP) is 1.68. The van der Waals surface area contributed by atoms with Crippen molar-refractivity contribution in [2.75, 3.05) is 18.5 Å². The maximum atomic E-state index is 12.7. The van der Waals surface area contributed by atoms with E-state index in [0.29, 0.717) is 24.6 Å². The molecule has 1 aliphatic heterocycles. The average molecular weight is 376 g/mol. The van der Waals surface area contributed by atoms with Gasteiger partial charge in [0.25, 0.3) is 0 Å². The number of anilines is 1. The highest BCUT2D eigenvalue weighted by Crippen LogP contribution is 2.35. The molecular formula is C20H20N6O2. The van der Waals surface area contributed by atoms with Crippen LogP contribution in [0.2, 0.25) is 0 Å². The molecule has 0 fully saturated rings. The first kappa shape index (κ1) is 17.8.